The fourth-order valence-electron chi connectivity index (χ4n) is 1.35. The van der Waals surface area contributed by atoms with Gasteiger partial charge in [-0.2, -0.15) is 0 Å². The van der Waals surface area contributed by atoms with Crippen LogP contribution in [0.4, 0.5) is 0 Å². The van der Waals surface area contributed by atoms with Gasteiger partial charge in [0, 0.05) is 0 Å². The Morgan fingerprint density at radius 1 is 1.25 bits per heavy atom. The third-order valence-corrected chi connectivity index (χ3v) is 2.27. The van der Waals surface area contributed by atoms with Gasteiger partial charge in [0.25, 0.3) is 0 Å². The molecule has 6 nitrogen and oxygen atoms in total. The van der Waals surface area contributed by atoms with Crippen molar-refractivity contribution in [2.75, 3.05) is 27.2 Å². The molecular weight excluding hydrogens is 208 g/mol. The summed E-state index contributed by atoms with van der Waals surface area (Å²) in [6.07, 6.45) is 2.73. The molecule has 1 atom stereocenters. The van der Waals surface area contributed by atoms with E-state index in [2.05, 4.69) is 16.0 Å². The van der Waals surface area contributed by atoms with Crippen LogP contribution >= 0.6 is 0 Å². The van der Waals surface area contributed by atoms with E-state index in [9.17, 15) is 9.59 Å². The van der Waals surface area contributed by atoms with Crippen molar-refractivity contribution < 1.29 is 9.59 Å². The highest BCUT2D eigenvalue weighted by molar-refractivity contribution is 5.86. The van der Waals surface area contributed by atoms with Crippen LogP contribution < -0.4 is 21.7 Å². The molecule has 0 aromatic carbocycles. The maximum Gasteiger partial charge on any atom is 0.237 e. The smallest absolute Gasteiger partial charge is 0.237 e. The lowest BCUT2D eigenvalue weighted by molar-refractivity contribution is -0.126. The van der Waals surface area contributed by atoms with Gasteiger partial charge in [-0.05, 0) is 33.5 Å². The maximum atomic E-state index is 11.5. The topological polar surface area (TPSA) is 96.2 Å². The average molecular weight is 230 g/mol. The molecule has 0 rings (SSSR count). The predicted molar refractivity (Wildman–Crippen MR) is 62.8 cm³/mol. The van der Waals surface area contributed by atoms with Crippen LogP contribution in [-0.2, 0) is 9.59 Å². The van der Waals surface area contributed by atoms with Gasteiger partial charge < -0.3 is 21.7 Å². The van der Waals surface area contributed by atoms with E-state index in [1.165, 1.54) is 0 Å². The summed E-state index contributed by atoms with van der Waals surface area (Å²) in [7, 11) is 3.63. The highest BCUT2D eigenvalue weighted by Gasteiger charge is 2.15. The van der Waals surface area contributed by atoms with Crippen LogP contribution in [0.15, 0.2) is 0 Å². The zero-order valence-electron chi connectivity index (χ0n) is 10.0. The monoisotopic (exact) mass is 230 g/mol. The highest BCUT2D eigenvalue weighted by Crippen LogP contribution is 2.00. The Morgan fingerprint density at radius 3 is 2.44 bits per heavy atom. The SMILES string of the molecule is CNCCCCC(NC)C(=O)NCC(N)=O. The normalized spacial score (nSPS) is 12.1. The molecule has 0 bridgehead atoms. The zero-order chi connectivity index (χ0) is 12.4. The molecule has 0 fully saturated rings. The minimum absolute atomic E-state index is 0.104. The number of hydrogen-bond acceptors (Lipinski definition) is 4. The Hall–Kier alpha value is -1.14. The Labute approximate surface area is 96.3 Å². The lowest BCUT2D eigenvalue weighted by atomic mass is 10.1. The Morgan fingerprint density at radius 2 is 1.94 bits per heavy atom. The van der Waals surface area contributed by atoms with Crippen molar-refractivity contribution in [1.29, 1.82) is 0 Å². The first-order valence-electron chi connectivity index (χ1n) is 5.49. The van der Waals surface area contributed by atoms with Gasteiger partial charge >= 0.3 is 0 Å². The van der Waals surface area contributed by atoms with Crippen LogP contribution in [0.2, 0.25) is 0 Å². The second-order valence-electron chi connectivity index (χ2n) is 3.62. The zero-order valence-corrected chi connectivity index (χ0v) is 10.0. The molecule has 5 N–H and O–H groups in total. The van der Waals surface area contributed by atoms with Crippen molar-refractivity contribution in [2.24, 2.45) is 5.73 Å². The quantitative estimate of drug-likeness (QED) is 0.365. The molecule has 0 radical (unpaired) electrons. The van der Waals surface area contributed by atoms with Crippen LogP contribution in [0.3, 0.4) is 0 Å². The Balaban J connectivity index is 3.78. The lowest BCUT2D eigenvalue weighted by Crippen LogP contribution is -2.45. The second-order valence-corrected chi connectivity index (χ2v) is 3.62. The molecular formula is C10H22N4O2. The van der Waals surface area contributed by atoms with Crippen LogP contribution in [-0.4, -0.2) is 45.0 Å². The second kappa shape index (κ2) is 9.11. The van der Waals surface area contributed by atoms with Crippen molar-refractivity contribution in [3.05, 3.63) is 0 Å². The molecule has 16 heavy (non-hydrogen) atoms. The third-order valence-electron chi connectivity index (χ3n) is 2.27. The van der Waals surface area contributed by atoms with Crippen LogP contribution in [0.5, 0.6) is 0 Å². The van der Waals surface area contributed by atoms with Gasteiger partial charge in [0.2, 0.25) is 11.8 Å². The number of nitrogens with two attached hydrogens (primary N) is 1. The summed E-state index contributed by atoms with van der Waals surface area (Å²) in [6, 6.07) is -0.254. The molecule has 0 aliphatic carbocycles. The van der Waals surface area contributed by atoms with Gasteiger partial charge in [0.15, 0.2) is 0 Å². The van der Waals surface area contributed by atoms with Crippen molar-refractivity contribution >= 4 is 11.8 Å². The van der Waals surface area contributed by atoms with E-state index in [-0.39, 0.29) is 18.5 Å². The standard InChI is InChI=1S/C10H22N4O2/c1-12-6-4-3-5-8(13-2)10(16)14-7-9(11)15/h8,12-13H,3-7H2,1-2H3,(H2,11,15)(H,14,16). The van der Waals surface area contributed by atoms with E-state index in [1.807, 2.05) is 7.05 Å². The number of amides is 2. The first-order valence-corrected chi connectivity index (χ1v) is 5.49. The van der Waals surface area contributed by atoms with Crippen LogP contribution in [0, 0.1) is 0 Å². The molecule has 0 aromatic rings. The van der Waals surface area contributed by atoms with Crippen LogP contribution in [0.25, 0.3) is 0 Å². The van der Waals surface area contributed by atoms with Crippen molar-refractivity contribution in [3.63, 3.8) is 0 Å². The number of unbranched alkanes of at least 4 members (excludes halogenated alkanes) is 1. The summed E-state index contributed by atoms with van der Waals surface area (Å²) in [4.78, 5) is 22.0. The fourth-order valence-corrected chi connectivity index (χ4v) is 1.35. The van der Waals surface area contributed by atoms with Gasteiger partial charge in [-0.1, -0.05) is 6.42 Å². The number of hydrogen-bond donors (Lipinski definition) is 4. The van der Waals surface area contributed by atoms with E-state index in [0.29, 0.717) is 0 Å². The largest absolute Gasteiger partial charge is 0.368 e. The van der Waals surface area contributed by atoms with Crippen molar-refractivity contribution in [1.82, 2.24) is 16.0 Å². The number of rotatable bonds is 9. The van der Waals surface area contributed by atoms with Crippen molar-refractivity contribution in [3.8, 4) is 0 Å². The Bertz CT molecular complexity index is 221. The van der Waals surface area contributed by atoms with E-state index >= 15 is 0 Å². The summed E-state index contributed by atoms with van der Waals surface area (Å²) in [5.74, 6) is -0.704. The van der Waals surface area contributed by atoms with Gasteiger partial charge in [-0.3, -0.25) is 9.59 Å². The van der Waals surface area contributed by atoms with E-state index < -0.39 is 5.91 Å². The number of nitrogens with one attached hydrogen (secondary N) is 3. The number of carbonyl (C=O) groups excluding carboxylic acids is 2. The third kappa shape index (κ3) is 7.19. The van der Waals surface area contributed by atoms with Gasteiger partial charge in [0.1, 0.15) is 0 Å². The van der Waals surface area contributed by atoms with E-state index in [0.717, 1.165) is 25.8 Å². The molecule has 2 amide bonds. The molecule has 0 saturated carbocycles. The molecule has 6 heteroatoms. The van der Waals surface area contributed by atoms with Gasteiger partial charge in [-0.15, -0.1) is 0 Å². The summed E-state index contributed by atoms with van der Waals surface area (Å²) in [5, 5.41) is 8.45. The minimum Gasteiger partial charge on any atom is -0.368 e. The Kier molecular flexibility index (Phi) is 8.46. The molecule has 0 spiro atoms. The summed E-state index contributed by atoms with van der Waals surface area (Å²) in [5.41, 5.74) is 4.94. The predicted octanol–water partition coefficient (Wildman–Crippen LogP) is -1.43. The molecule has 0 heterocycles. The summed E-state index contributed by atoms with van der Waals surface area (Å²) in [6.45, 7) is 0.840. The molecule has 0 aliphatic heterocycles. The average Bonchev–Trinajstić information content (AvgIpc) is 2.26. The van der Waals surface area contributed by atoms with Gasteiger partial charge in [-0.25, -0.2) is 0 Å². The van der Waals surface area contributed by atoms with E-state index in [1.54, 1.807) is 7.05 Å². The molecule has 1 unspecified atom stereocenters. The van der Waals surface area contributed by atoms with Crippen LogP contribution in [0.1, 0.15) is 19.3 Å². The lowest BCUT2D eigenvalue weighted by Gasteiger charge is -2.15. The maximum absolute atomic E-state index is 11.5. The molecule has 0 aromatic heterocycles. The highest BCUT2D eigenvalue weighted by atomic mass is 16.2. The molecule has 0 aliphatic rings. The van der Waals surface area contributed by atoms with E-state index in [4.69, 9.17) is 5.73 Å². The summed E-state index contributed by atoms with van der Waals surface area (Å²) >= 11 is 0. The number of carbonyl (C=O) groups is 2. The van der Waals surface area contributed by atoms with Gasteiger partial charge in [0.05, 0.1) is 12.6 Å². The number of primary amides is 1. The molecule has 0 saturated heterocycles. The molecule has 94 valence electrons. The van der Waals surface area contributed by atoms with Crippen molar-refractivity contribution in [2.45, 2.75) is 25.3 Å². The number of likely N-dealkylation sites (N-methyl/N-ethyl adjacent to an activating group) is 1. The first-order chi connectivity index (χ1) is 7.61. The minimum atomic E-state index is -0.529. The summed E-state index contributed by atoms with van der Waals surface area (Å²) < 4.78 is 0. The first kappa shape index (κ1) is 14.9. The fraction of sp³-hybridized carbons (Fsp3) is 0.800.